The molecule has 2 heteroatoms. The third-order valence-corrected chi connectivity index (χ3v) is 4.14. The minimum Gasteiger partial charge on any atom is -0.508 e. The summed E-state index contributed by atoms with van der Waals surface area (Å²) in [4.78, 5) is 2.57. The van der Waals surface area contributed by atoms with Crippen LogP contribution in [0.25, 0.3) is 0 Å². The van der Waals surface area contributed by atoms with Gasteiger partial charge in [-0.05, 0) is 42.4 Å². The van der Waals surface area contributed by atoms with Crippen molar-refractivity contribution < 1.29 is 5.11 Å². The second-order valence-electron chi connectivity index (χ2n) is 5.31. The van der Waals surface area contributed by atoms with Crippen LogP contribution in [-0.2, 0) is 6.54 Å². The largest absolute Gasteiger partial charge is 0.508 e. The van der Waals surface area contributed by atoms with Crippen molar-refractivity contribution in [1.82, 2.24) is 4.90 Å². The Kier molecular flexibility index (Phi) is 2.60. The molecule has 0 amide bonds. The highest BCUT2D eigenvalue weighted by atomic mass is 16.3. The third-order valence-electron chi connectivity index (χ3n) is 4.14. The van der Waals surface area contributed by atoms with E-state index in [1.807, 2.05) is 12.1 Å². The van der Waals surface area contributed by atoms with Crippen LogP contribution in [0.3, 0.4) is 0 Å². The molecule has 2 nitrogen and oxygen atoms in total. The molecule has 2 fully saturated rings. The molecule has 1 saturated heterocycles. The quantitative estimate of drug-likeness (QED) is 0.823. The summed E-state index contributed by atoms with van der Waals surface area (Å²) in [5, 5.41) is 9.24. The van der Waals surface area contributed by atoms with Gasteiger partial charge in [-0.1, -0.05) is 18.6 Å². The number of hydrogen-bond donors (Lipinski definition) is 1. The Morgan fingerprint density at radius 1 is 1.06 bits per heavy atom. The number of phenols is 1. The number of phenolic OH excluding ortho intramolecular Hbond substituents is 1. The van der Waals surface area contributed by atoms with Crippen LogP contribution in [0.1, 0.15) is 24.8 Å². The fourth-order valence-corrected chi connectivity index (χ4v) is 3.32. The summed E-state index contributed by atoms with van der Waals surface area (Å²) < 4.78 is 0. The van der Waals surface area contributed by atoms with Crippen molar-refractivity contribution >= 4 is 0 Å². The molecule has 2 atom stereocenters. The molecule has 0 aromatic heterocycles. The van der Waals surface area contributed by atoms with Gasteiger partial charge in [-0.15, -0.1) is 0 Å². The molecule has 3 rings (SSSR count). The van der Waals surface area contributed by atoms with Crippen LogP contribution in [0.5, 0.6) is 5.75 Å². The van der Waals surface area contributed by atoms with Gasteiger partial charge in [0.1, 0.15) is 5.75 Å². The highest BCUT2D eigenvalue weighted by Crippen LogP contribution is 2.38. The van der Waals surface area contributed by atoms with Crippen LogP contribution < -0.4 is 0 Å². The SMILES string of the molecule is Oc1ccc(CN2CC3CCCC3C2)cc1. The van der Waals surface area contributed by atoms with E-state index >= 15 is 0 Å². The van der Waals surface area contributed by atoms with Crippen molar-refractivity contribution in [3.8, 4) is 5.75 Å². The Labute approximate surface area is 96.9 Å². The Hall–Kier alpha value is -1.02. The molecule has 2 aliphatic rings. The zero-order valence-corrected chi connectivity index (χ0v) is 9.60. The standard InChI is InChI=1S/C14H19NO/c16-14-6-4-11(5-7-14)8-15-9-12-2-1-3-13(12)10-15/h4-7,12-13,16H,1-3,8-10H2. The summed E-state index contributed by atoms with van der Waals surface area (Å²) in [6.45, 7) is 3.62. The zero-order chi connectivity index (χ0) is 11.0. The van der Waals surface area contributed by atoms with Gasteiger partial charge in [-0.3, -0.25) is 4.90 Å². The summed E-state index contributed by atoms with van der Waals surface area (Å²) in [6.07, 6.45) is 4.33. The number of nitrogens with zero attached hydrogens (tertiary/aromatic N) is 1. The normalized spacial score (nSPS) is 29.5. The average Bonchev–Trinajstić information content (AvgIpc) is 2.81. The van der Waals surface area contributed by atoms with Gasteiger partial charge in [0, 0.05) is 19.6 Å². The highest BCUT2D eigenvalue weighted by molar-refractivity contribution is 5.25. The van der Waals surface area contributed by atoms with Gasteiger partial charge in [-0.25, -0.2) is 0 Å². The smallest absolute Gasteiger partial charge is 0.115 e. The molecule has 0 radical (unpaired) electrons. The lowest BCUT2D eigenvalue weighted by Gasteiger charge is -2.16. The molecule has 1 heterocycles. The fraction of sp³-hybridized carbons (Fsp3) is 0.571. The Morgan fingerprint density at radius 3 is 2.31 bits per heavy atom. The number of likely N-dealkylation sites (tertiary alicyclic amines) is 1. The minimum atomic E-state index is 0.363. The lowest BCUT2D eigenvalue weighted by Crippen LogP contribution is -2.20. The molecule has 1 N–H and O–H groups in total. The second kappa shape index (κ2) is 4.10. The van der Waals surface area contributed by atoms with Crippen LogP contribution in [0.15, 0.2) is 24.3 Å². The van der Waals surface area contributed by atoms with E-state index < -0.39 is 0 Å². The van der Waals surface area contributed by atoms with Gasteiger partial charge in [0.25, 0.3) is 0 Å². The topological polar surface area (TPSA) is 23.5 Å². The molecule has 0 bridgehead atoms. The van der Waals surface area contributed by atoms with Crippen molar-refractivity contribution in [1.29, 1.82) is 0 Å². The van der Waals surface area contributed by atoms with Crippen molar-refractivity contribution in [2.45, 2.75) is 25.8 Å². The van der Waals surface area contributed by atoms with E-state index in [2.05, 4.69) is 4.90 Å². The van der Waals surface area contributed by atoms with Crippen molar-refractivity contribution in [3.63, 3.8) is 0 Å². The summed E-state index contributed by atoms with van der Waals surface area (Å²) in [5.74, 6) is 2.30. The maximum absolute atomic E-state index is 9.24. The molecule has 86 valence electrons. The fourth-order valence-electron chi connectivity index (χ4n) is 3.32. The predicted octanol–water partition coefficient (Wildman–Crippen LogP) is 2.62. The lowest BCUT2D eigenvalue weighted by atomic mass is 10.0. The average molecular weight is 217 g/mol. The number of hydrogen-bond acceptors (Lipinski definition) is 2. The Bertz CT molecular complexity index is 348. The summed E-state index contributed by atoms with van der Waals surface area (Å²) in [7, 11) is 0. The monoisotopic (exact) mass is 217 g/mol. The summed E-state index contributed by atoms with van der Waals surface area (Å²) >= 11 is 0. The summed E-state index contributed by atoms with van der Waals surface area (Å²) in [5.41, 5.74) is 1.32. The Balaban J connectivity index is 1.62. The van der Waals surface area contributed by atoms with E-state index in [1.165, 1.54) is 37.9 Å². The van der Waals surface area contributed by atoms with Crippen molar-refractivity contribution in [3.05, 3.63) is 29.8 Å². The zero-order valence-electron chi connectivity index (χ0n) is 9.60. The molecule has 1 aliphatic carbocycles. The number of rotatable bonds is 2. The first-order valence-electron chi connectivity index (χ1n) is 6.31. The van der Waals surface area contributed by atoms with Crippen LogP contribution >= 0.6 is 0 Å². The molecule has 1 aromatic rings. The molecule has 2 unspecified atom stereocenters. The van der Waals surface area contributed by atoms with Crippen LogP contribution in [-0.4, -0.2) is 23.1 Å². The lowest BCUT2D eigenvalue weighted by molar-refractivity contribution is 0.303. The molecule has 1 aliphatic heterocycles. The molecule has 1 aromatic carbocycles. The van der Waals surface area contributed by atoms with E-state index in [1.54, 1.807) is 12.1 Å². The van der Waals surface area contributed by atoms with E-state index in [0.717, 1.165) is 18.4 Å². The second-order valence-corrected chi connectivity index (χ2v) is 5.31. The van der Waals surface area contributed by atoms with Crippen molar-refractivity contribution in [2.75, 3.05) is 13.1 Å². The maximum Gasteiger partial charge on any atom is 0.115 e. The van der Waals surface area contributed by atoms with Gasteiger partial charge in [-0.2, -0.15) is 0 Å². The van der Waals surface area contributed by atoms with Crippen molar-refractivity contribution in [2.24, 2.45) is 11.8 Å². The number of aromatic hydroxyl groups is 1. The van der Waals surface area contributed by atoms with E-state index in [0.29, 0.717) is 5.75 Å². The molecular formula is C14H19NO. The number of fused-ring (bicyclic) bond motifs is 1. The van der Waals surface area contributed by atoms with Gasteiger partial charge < -0.3 is 5.11 Å². The molecule has 1 saturated carbocycles. The molecule has 0 spiro atoms. The highest BCUT2D eigenvalue weighted by Gasteiger charge is 2.35. The number of benzene rings is 1. The van der Waals surface area contributed by atoms with Crippen LogP contribution in [0.2, 0.25) is 0 Å². The Morgan fingerprint density at radius 2 is 1.69 bits per heavy atom. The van der Waals surface area contributed by atoms with Crippen LogP contribution in [0, 0.1) is 11.8 Å². The van der Waals surface area contributed by atoms with Gasteiger partial charge in [0.15, 0.2) is 0 Å². The first-order valence-corrected chi connectivity index (χ1v) is 6.31. The van der Waals surface area contributed by atoms with Gasteiger partial charge in [0.05, 0.1) is 0 Å². The minimum absolute atomic E-state index is 0.363. The van der Waals surface area contributed by atoms with E-state index in [4.69, 9.17) is 0 Å². The van der Waals surface area contributed by atoms with Crippen LogP contribution in [0.4, 0.5) is 0 Å². The predicted molar refractivity (Wildman–Crippen MR) is 64.2 cm³/mol. The van der Waals surface area contributed by atoms with Gasteiger partial charge >= 0.3 is 0 Å². The molecular weight excluding hydrogens is 198 g/mol. The first-order chi connectivity index (χ1) is 7.81. The first kappa shape index (κ1) is 10.2. The summed E-state index contributed by atoms with van der Waals surface area (Å²) in [6, 6.07) is 7.63. The third kappa shape index (κ3) is 1.94. The molecule has 16 heavy (non-hydrogen) atoms. The van der Waals surface area contributed by atoms with E-state index in [-0.39, 0.29) is 0 Å². The van der Waals surface area contributed by atoms with Gasteiger partial charge in [0.2, 0.25) is 0 Å². The van der Waals surface area contributed by atoms with E-state index in [9.17, 15) is 5.11 Å². The maximum atomic E-state index is 9.24.